The second kappa shape index (κ2) is 11.9. The van der Waals surface area contributed by atoms with E-state index in [2.05, 4.69) is 62.8 Å². The fourth-order valence-electron chi connectivity index (χ4n) is 2.81. The molecule has 152 valence electrons. The minimum atomic E-state index is 0.426. The second-order valence-corrected chi connectivity index (χ2v) is 9.48. The lowest BCUT2D eigenvalue weighted by Crippen LogP contribution is -2.23. The summed E-state index contributed by atoms with van der Waals surface area (Å²) in [6, 6.07) is 6.47. The number of hydrogen-bond donors (Lipinski definition) is 2. The van der Waals surface area contributed by atoms with Crippen LogP contribution in [0.3, 0.4) is 0 Å². The monoisotopic (exact) mass is 499 g/mol. The minimum absolute atomic E-state index is 0.426. The Bertz CT molecular complexity index is 877. The Morgan fingerprint density at radius 2 is 2.14 bits per heavy atom. The molecular weight excluding hydrogens is 474 g/mol. The molecule has 3 nitrogen and oxygen atoms in total. The van der Waals surface area contributed by atoms with Crippen molar-refractivity contribution in [2.45, 2.75) is 46.2 Å². The number of nitrogens with zero attached hydrogens (tertiary/aromatic N) is 1. The number of nitrogens with one attached hydrogen (secondary N) is 1. The van der Waals surface area contributed by atoms with Crippen LogP contribution in [0.4, 0.5) is 5.69 Å². The topological polar surface area (TPSA) is 50.9 Å². The standard InChI is InChI=1S/C12H8BrClN2S2.C7H13N.C2H6/c13-8-6-18-12-9(4-10(14)16-11(8)12)15-5-7-2-1-3-17-7;1-6-3-2-4-7(8)5-6;1-2/h1-4,6H,5H2,(H,15,16);2-3,6-7H,4-5,8H2,1H3;1-2H3. The molecule has 2 atom stereocenters. The van der Waals surface area contributed by atoms with Gasteiger partial charge in [-0.15, -0.1) is 22.7 Å². The quantitative estimate of drug-likeness (QED) is 0.286. The number of halogens is 2. The van der Waals surface area contributed by atoms with E-state index in [9.17, 15) is 0 Å². The summed E-state index contributed by atoms with van der Waals surface area (Å²) in [5, 5.41) is 8.04. The Morgan fingerprint density at radius 1 is 1.36 bits per heavy atom. The molecule has 0 radical (unpaired) electrons. The van der Waals surface area contributed by atoms with Crippen LogP contribution in [0.5, 0.6) is 0 Å². The highest BCUT2D eigenvalue weighted by Crippen LogP contribution is 2.35. The van der Waals surface area contributed by atoms with Crippen LogP contribution < -0.4 is 11.1 Å². The summed E-state index contributed by atoms with van der Waals surface area (Å²) < 4.78 is 2.12. The molecule has 0 bridgehead atoms. The van der Waals surface area contributed by atoms with Crippen molar-refractivity contribution in [2.24, 2.45) is 11.7 Å². The van der Waals surface area contributed by atoms with Crippen molar-refractivity contribution in [3.8, 4) is 0 Å². The maximum atomic E-state index is 6.05. The molecule has 3 aromatic heterocycles. The van der Waals surface area contributed by atoms with Crippen LogP contribution in [0.25, 0.3) is 10.2 Å². The number of anilines is 1. The van der Waals surface area contributed by atoms with E-state index in [4.69, 9.17) is 17.3 Å². The van der Waals surface area contributed by atoms with E-state index < -0.39 is 0 Å². The van der Waals surface area contributed by atoms with E-state index in [1.54, 1.807) is 22.7 Å². The average molecular weight is 501 g/mol. The molecule has 0 fully saturated rings. The molecule has 3 aromatic rings. The first-order chi connectivity index (χ1) is 13.5. The average Bonchev–Trinajstić information content (AvgIpc) is 3.32. The number of fused-ring (bicyclic) bond motifs is 1. The first-order valence-corrected chi connectivity index (χ1v) is 12.4. The summed E-state index contributed by atoms with van der Waals surface area (Å²) in [4.78, 5) is 5.63. The number of hydrogen-bond acceptors (Lipinski definition) is 5. The van der Waals surface area contributed by atoms with Crippen LogP contribution in [0.1, 0.15) is 38.5 Å². The van der Waals surface area contributed by atoms with E-state index >= 15 is 0 Å². The van der Waals surface area contributed by atoms with Gasteiger partial charge in [-0.05, 0) is 46.1 Å². The Kier molecular flexibility index (Phi) is 9.95. The van der Waals surface area contributed by atoms with Gasteiger partial charge in [-0.2, -0.15) is 0 Å². The van der Waals surface area contributed by atoms with Crippen molar-refractivity contribution in [2.75, 3.05) is 5.32 Å². The van der Waals surface area contributed by atoms with Crippen LogP contribution in [0, 0.1) is 5.92 Å². The Morgan fingerprint density at radius 3 is 2.75 bits per heavy atom. The number of thiophene rings is 2. The van der Waals surface area contributed by atoms with E-state index in [1.807, 2.05) is 25.3 Å². The Balaban J connectivity index is 0.000000236. The summed E-state index contributed by atoms with van der Waals surface area (Å²) in [7, 11) is 0. The van der Waals surface area contributed by atoms with E-state index in [0.29, 0.717) is 17.1 Å². The summed E-state index contributed by atoms with van der Waals surface area (Å²) >= 11 is 12.9. The van der Waals surface area contributed by atoms with Crippen molar-refractivity contribution in [3.05, 3.63) is 55.6 Å². The molecule has 3 heterocycles. The summed E-state index contributed by atoms with van der Waals surface area (Å²) in [5.74, 6) is 0.707. The van der Waals surface area contributed by atoms with Crippen LogP contribution in [0.15, 0.2) is 45.6 Å². The van der Waals surface area contributed by atoms with Gasteiger partial charge in [0.05, 0.1) is 20.4 Å². The van der Waals surface area contributed by atoms with Gasteiger partial charge in [0.25, 0.3) is 0 Å². The van der Waals surface area contributed by atoms with Crippen molar-refractivity contribution < 1.29 is 0 Å². The highest BCUT2D eigenvalue weighted by molar-refractivity contribution is 9.10. The van der Waals surface area contributed by atoms with Crippen LogP contribution in [-0.2, 0) is 6.54 Å². The SMILES string of the molecule is CC.CC1C=CCC(N)C1.Clc1cc(NCc2cccs2)c2scc(Br)c2n1. The largest absolute Gasteiger partial charge is 0.379 e. The minimum Gasteiger partial charge on any atom is -0.379 e. The highest BCUT2D eigenvalue weighted by atomic mass is 79.9. The van der Waals surface area contributed by atoms with E-state index in [0.717, 1.165) is 39.8 Å². The van der Waals surface area contributed by atoms with E-state index in [-0.39, 0.29) is 0 Å². The van der Waals surface area contributed by atoms with Crippen LogP contribution in [-0.4, -0.2) is 11.0 Å². The first-order valence-electron chi connectivity index (χ1n) is 9.44. The number of rotatable bonds is 3. The van der Waals surface area contributed by atoms with E-state index in [1.165, 1.54) is 4.88 Å². The van der Waals surface area contributed by atoms with Gasteiger partial charge in [-0.1, -0.05) is 50.6 Å². The van der Waals surface area contributed by atoms with Gasteiger partial charge in [0.1, 0.15) is 5.15 Å². The van der Waals surface area contributed by atoms with Crippen molar-refractivity contribution in [3.63, 3.8) is 0 Å². The molecule has 3 N–H and O–H groups in total. The molecule has 7 heteroatoms. The number of pyridine rings is 1. The van der Waals surface area contributed by atoms with Gasteiger partial charge >= 0.3 is 0 Å². The Labute approximate surface area is 189 Å². The molecular formula is C21H27BrClN3S2. The zero-order valence-electron chi connectivity index (χ0n) is 16.4. The van der Waals surface area contributed by atoms with Gasteiger partial charge in [0, 0.05) is 28.9 Å². The molecule has 0 aliphatic heterocycles. The molecule has 1 aliphatic carbocycles. The number of allylic oxidation sites excluding steroid dienone is 1. The molecule has 1 aliphatic rings. The van der Waals surface area contributed by atoms with Gasteiger partial charge < -0.3 is 11.1 Å². The third kappa shape index (κ3) is 6.85. The lowest BCUT2D eigenvalue weighted by molar-refractivity contribution is 0.510. The highest BCUT2D eigenvalue weighted by Gasteiger charge is 2.10. The maximum Gasteiger partial charge on any atom is 0.131 e. The fraction of sp³-hybridized carbons (Fsp3) is 0.381. The predicted octanol–water partition coefficient (Wildman–Crippen LogP) is 7.71. The van der Waals surface area contributed by atoms with Gasteiger partial charge in [0.2, 0.25) is 0 Å². The molecule has 2 unspecified atom stereocenters. The Hall–Kier alpha value is -0.920. The van der Waals surface area contributed by atoms with Crippen LogP contribution >= 0.6 is 50.2 Å². The van der Waals surface area contributed by atoms with Gasteiger partial charge in [0.15, 0.2) is 0 Å². The normalized spacial score (nSPS) is 18.1. The third-order valence-electron chi connectivity index (χ3n) is 4.06. The molecule has 0 saturated heterocycles. The fourth-order valence-corrected chi connectivity index (χ4v) is 5.21. The molecule has 4 rings (SSSR count). The molecule has 0 saturated carbocycles. The number of aromatic nitrogens is 1. The summed E-state index contributed by atoms with van der Waals surface area (Å²) in [6.07, 6.45) is 6.66. The first kappa shape index (κ1) is 23.4. The molecule has 28 heavy (non-hydrogen) atoms. The van der Waals surface area contributed by atoms with Crippen LogP contribution in [0.2, 0.25) is 5.15 Å². The smallest absolute Gasteiger partial charge is 0.131 e. The summed E-state index contributed by atoms with van der Waals surface area (Å²) in [6.45, 7) is 7.01. The molecule has 0 amide bonds. The lowest BCUT2D eigenvalue weighted by Gasteiger charge is -2.16. The second-order valence-electron chi connectivity index (χ2n) is 6.32. The predicted molar refractivity (Wildman–Crippen MR) is 131 cm³/mol. The van der Waals surface area contributed by atoms with Gasteiger partial charge in [-0.25, -0.2) is 4.98 Å². The summed E-state index contributed by atoms with van der Waals surface area (Å²) in [5.41, 5.74) is 7.63. The maximum absolute atomic E-state index is 6.05. The third-order valence-corrected chi connectivity index (χ3v) is 7.04. The van der Waals surface area contributed by atoms with Crippen molar-refractivity contribution in [1.29, 1.82) is 0 Å². The van der Waals surface area contributed by atoms with Gasteiger partial charge in [-0.3, -0.25) is 0 Å². The zero-order valence-corrected chi connectivity index (χ0v) is 20.4. The van der Waals surface area contributed by atoms with Crippen molar-refractivity contribution >= 4 is 66.1 Å². The molecule has 0 aromatic carbocycles. The molecule has 0 spiro atoms. The number of nitrogens with two attached hydrogens (primary N) is 1. The van der Waals surface area contributed by atoms with Crippen molar-refractivity contribution in [1.82, 2.24) is 4.98 Å². The lowest BCUT2D eigenvalue weighted by atomic mass is 9.94. The zero-order chi connectivity index (χ0) is 20.5.